The van der Waals surface area contributed by atoms with Crippen molar-refractivity contribution in [3.8, 4) is 0 Å². The summed E-state index contributed by atoms with van der Waals surface area (Å²) >= 11 is 0. The first-order valence-corrected chi connectivity index (χ1v) is 4.13. The van der Waals surface area contributed by atoms with Gasteiger partial charge in [-0.2, -0.15) is 0 Å². The van der Waals surface area contributed by atoms with E-state index in [1.807, 2.05) is 9.47 Å². The summed E-state index contributed by atoms with van der Waals surface area (Å²) in [7, 11) is 2.36. The average Bonchev–Trinajstić information content (AvgIpc) is 1.84. The molecule has 0 aliphatic carbocycles. The van der Waals surface area contributed by atoms with Crippen molar-refractivity contribution in [3.63, 3.8) is 0 Å². The quantitative estimate of drug-likeness (QED) is 0.300. The number of carbonyl (C=O) groups excluding carboxylic acids is 2. The Morgan fingerprint density at radius 1 is 1.67 bits per heavy atom. The van der Waals surface area contributed by atoms with Gasteiger partial charge in [-0.1, -0.05) is 0 Å². The lowest BCUT2D eigenvalue weighted by molar-refractivity contribution is -0.136. The van der Waals surface area contributed by atoms with Crippen molar-refractivity contribution in [2.75, 3.05) is 0 Å². The third-order valence-corrected chi connectivity index (χ3v) is 2.60. The lowest BCUT2D eigenvalue weighted by Gasteiger charge is -2.01. The average molecular weight is 164 g/mol. The summed E-state index contributed by atoms with van der Waals surface area (Å²) in [5.41, 5.74) is -0.498. The van der Waals surface area contributed by atoms with Gasteiger partial charge in [-0.05, 0) is 6.92 Å². The van der Waals surface area contributed by atoms with Crippen LogP contribution in [0.25, 0.3) is 0 Å². The van der Waals surface area contributed by atoms with Gasteiger partial charge in [-0.15, -0.1) is 0 Å². The van der Waals surface area contributed by atoms with Crippen molar-refractivity contribution in [1.82, 2.24) is 0 Å². The fourth-order valence-electron chi connectivity index (χ4n) is 0.268. The van der Waals surface area contributed by atoms with E-state index in [2.05, 4.69) is 4.52 Å². The van der Waals surface area contributed by atoms with Crippen molar-refractivity contribution < 1.29 is 14.1 Å². The molecule has 9 heavy (non-hydrogen) atoms. The molecule has 2 atom stereocenters. The zero-order chi connectivity index (χ0) is 7.44. The van der Waals surface area contributed by atoms with Gasteiger partial charge < -0.3 is 4.52 Å². The van der Waals surface area contributed by atoms with Crippen LogP contribution in [0.5, 0.6) is 0 Å². The molecule has 0 radical (unpaired) electrons. The van der Waals surface area contributed by atoms with Crippen molar-refractivity contribution >= 4 is 31.5 Å². The predicted octanol–water partition coefficient (Wildman–Crippen LogP) is -0.937. The van der Waals surface area contributed by atoms with Crippen molar-refractivity contribution in [2.24, 2.45) is 0 Å². The minimum Gasteiger partial charge on any atom is -0.451 e. The Morgan fingerprint density at radius 2 is 2.11 bits per heavy atom. The van der Waals surface area contributed by atoms with E-state index in [1.54, 1.807) is 0 Å². The SMILES string of the molecule is CC(=O)C([SiH3])C(=O)OP. The molecule has 0 saturated heterocycles. The van der Waals surface area contributed by atoms with Crippen LogP contribution in [-0.4, -0.2) is 22.0 Å². The molecule has 0 N–H and O–H groups in total. The van der Waals surface area contributed by atoms with Gasteiger partial charge in [0.2, 0.25) is 0 Å². The van der Waals surface area contributed by atoms with Crippen LogP contribution in [0.15, 0.2) is 0 Å². The Kier molecular flexibility index (Phi) is 3.66. The Bertz CT molecular complexity index is 136. The van der Waals surface area contributed by atoms with Crippen LogP contribution in [0, 0.1) is 0 Å². The molecule has 3 nitrogen and oxygen atoms in total. The Hall–Kier alpha value is -0.213. The summed E-state index contributed by atoms with van der Waals surface area (Å²) < 4.78 is 4.26. The molecule has 0 amide bonds. The van der Waals surface area contributed by atoms with E-state index in [4.69, 9.17) is 0 Å². The topological polar surface area (TPSA) is 43.4 Å². The number of hydrogen-bond acceptors (Lipinski definition) is 3. The zero-order valence-corrected chi connectivity index (χ0v) is 8.53. The lowest BCUT2D eigenvalue weighted by atomic mass is 10.3. The molecule has 52 valence electrons. The van der Waals surface area contributed by atoms with Crippen LogP contribution >= 0.6 is 9.47 Å². The fourth-order valence-corrected chi connectivity index (χ4v) is 0.880. The number of Topliss-reactive ketones (excluding diaryl/α,β-unsaturated/α-hetero) is 1. The van der Waals surface area contributed by atoms with E-state index in [-0.39, 0.29) is 5.78 Å². The third kappa shape index (κ3) is 2.72. The van der Waals surface area contributed by atoms with E-state index in [0.717, 1.165) is 0 Å². The summed E-state index contributed by atoms with van der Waals surface area (Å²) in [6, 6.07) is 0. The number of rotatable bonds is 2. The summed E-state index contributed by atoms with van der Waals surface area (Å²) in [4.78, 5) is 21.0. The first-order chi connectivity index (χ1) is 4.09. The van der Waals surface area contributed by atoms with Crippen molar-refractivity contribution in [2.45, 2.75) is 12.5 Å². The molecule has 0 aromatic rings. The second-order valence-corrected chi connectivity index (χ2v) is 3.16. The van der Waals surface area contributed by atoms with Gasteiger partial charge in [-0.3, -0.25) is 9.59 Å². The third-order valence-electron chi connectivity index (χ3n) is 1.08. The molecular weight excluding hydrogens is 155 g/mol. The monoisotopic (exact) mass is 164 g/mol. The van der Waals surface area contributed by atoms with Gasteiger partial charge in [0, 0.05) is 10.2 Å². The normalized spacial score (nSPS) is 12.7. The molecule has 5 heteroatoms. The highest BCUT2D eigenvalue weighted by Gasteiger charge is 2.16. The highest BCUT2D eigenvalue weighted by atomic mass is 31.0. The molecule has 0 aromatic heterocycles. The molecule has 0 bridgehead atoms. The largest absolute Gasteiger partial charge is 0.451 e. The van der Waals surface area contributed by atoms with Crippen molar-refractivity contribution in [3.05, 3.63) is 0 Å². The maximum absolute atomic E-state index is 10.5. The summed E-state index contributed by atoms with van der Waals surface area (Å²) in [5.74, 6) is -0.562. The van der Waals surface area contributed by atoms with Gasteiger partial charge in [-0.25, -0.2) is 0 Å². The summed E-state index contributed by atoms with van der Waals surface area (Å²) in [6.45, 7) is 1.39. The number of ketones is 1. The zero-order valence-electron chi connectivity index (χ0n) is 5.38. The summed E-state index contributed by atoms with van der Waals surface area (Å²) in [5, 5.41) is 0. The number of hydrogen-bond donors (Lipinski definition) is 0. The number of carbonyl (C=O) groups is 2. The minimum atomic E-state index is -0.498. The molecule has 0 rings (SSSR count). The Balaban J connectivity index is 3.88. The highest BCUT2D eigenvalue weighted by Crippen LogP contribution is 2.04. The smallest absolute Gasteiger partial charge is 0.314 e. The van der Waals surface area contributed by atoms with Crippen LogP contribution in [0.1, 0.15) is 6.92 Å². The molecule has 2 unspecified atom stereocenters. The van der Waals surface area contributed by atoms with Crippen LogP contribution < -0.4 is 0 Å². The van der Waals surface area contributed by atoms with Crippen LogP contribution in [-0.2, 0) is 14.1 Å². The van der Waals surface area contributed by atoms with Crippen LogP contribution in [0.3, 0.4) is 0 Å². The van der Waals surface area contributed by atoms with Gasteiger partial charge in [0.1, 0.15) is 5.78 Å². The van der Waals surface area contributed by atoms with E-state index < -0.39 is 11.5 Å². The second kappa shape index (κ2) is 3.74. The molecule has 0 saturated carbocycles. The maximum Gasteiger partial charge on any atom is 0.314 e. The van der Waals surface area contributed by atoms with Crippen LogP contribution in [0.2, 0.25) is 5.54 Å². The van der Waals surface area contributed by atoms with Gasteiger partial charge in [0.05, 0.1) is 15.0 Å². The van der Waals surface area contributed by atoms with Gasteiger partial charge in [0.15, 0.2) is 0 Å². The highest BCUT2D eigenvalue weighted by molar-refractivity contribution is 7.10. The molecule has 0 fully saturated rings. The first-order valence-electron chi connectivity index (χ1n) is 2.50. The van der Waals surface area contributed by atoms with E-state index >= 15 is 0 Å². The Morgan fingerprint density at radius 3 is 2.22 bits per heavy atom. The molecule has 0 aliphatic heterocycles. The Labute approximate surface area is 58.9 Å². The molecule has 0 aliphatic rings. The van der Waals surface area contributed by atoms with E-state index in [0.29, 0.717) is 10.2 Å². The van der Waals surface area contributed by atoms with Crippen molar-refractivity contribution in [1.29, 1.82) is 0 Å². The predicted molar refractivity (Wildman–Crippen MR) is 40.2 cm³/mol. The second-order valence-electron chi connectivity index (χ2n) is 1.77. The lowest BCUT2D eigenvalue weighted by Crippen LogP contribution is -2.15. The first kappa shape index (κ1) is 8.79. The molecule has 0 spiro atoms. The summed E-state index contributed by atoms with van der Waals surface area (Å²) in [6.07, 6.45) is 0. The van der Waals surface area contributed by atoms with Gasteiger partial charge >= 0.3 is 5.97 Å². The molecule has 0 heterocycles. The molecule has 0 aromatic carbocycles. The molecular formula is C4H9O3PSi. The fraction of sp³-hybridized carbons (Fsp3) is 0.500. The minimum absolute atomic E-state index is 0.117. The van der Waals surface area contributed by atoms with Crippen LogP contribution in [0.4, 0.5) is 0 Å². The van der Waals surface area contributed by atoms with Gasteiger partial charge in [0.25, 0.3) is 0 Å². The maximum atomic E-state index is 10.5. The van der Waals surface area contributed by atoms with E-state index in [9.17, 15) is 9.59 Å². The standard InChI is InChI=1S/C4H9O3PSi/c1-2(5)3(9)4(6)7-8/h3H,8H2,1,9H3. The van der Waals surface area contributed by atoms with E-state index in [1.165, 1.54) is 6.92 Å².